The lowest BCUT2D eigenvalue weighted by Gasteiger charge is -2.21. The molecule has 7 heteroatoms. The molecule has 0 aliphatic carbocycles. The smallest absolute Gasteiger partial charge is 0.193 e. The van der Waals surface area contributed by atoms with Crippen molar-refractivity contribution in [2.75, 3.05) is 26.7 Å². The third-order valence-corrected chi connectivity index (χ3v) is 4.60. The maximum atomic E-state index is 4.77. The number of allylic oxidation sites excluding steroid dienone is 1. The number of nitrogens with one attached hydrogen (secondary N) is 1. The number of aromatic nitrogens is 3. The van der Waals surface area contributed by atoms with Gasteiger partial charge >= 0.3 is 0 Å². The van der Waals surface area contributed by atoms with Crippen molar-refractivity contribution in [1.82, 2.24) is 25.0 Å². The van der Waals surface area contributed by atoms with Crippen LogP contribution in [0, 0.1) is 0 Å². The van der Waals surface area contributed by atoms with Crippen LogP contribution in [0.3, 0.4) is 0 Å². The summed E-state index contributed by atoms with van der Waals surface area (Å²) < 4.78 is 2.34. The number of halogens is 1. The Labute approximate surface area is 175 Å². The summed E-state index contributed by atoms with van der Waals surface area (Å²) in [6.07, 6.45) is 11.0. The summed E-state index contributed by atoms with van der Waals surface area (Å²) in [4.78, 5) is 6.97. The van der Waals surface area contributed by atoms with Crippen LogP contribution in [-0.4, -0.2) is 52.3 Å². The number of guanidine groups is 1. The van der Waals surface area contributed by atoms with Gasteiger partial charge in [0.05, 0.1) is 0 Å². The van der Waals surface area contributed by atoms with E-state index in [4.69, 9.17) is 4.99 Å². The Hall–Kier alpha value is -1.12. The molecule has 26 heavy (non-hydrogen) atoms. The topological polar surface area (TPSA) is 58.3 Å². The van der Waals surface area contributed by atoms with Crippen LogP contribution in [0.25, 0.3) is 0 Å². The van der Waals surface area contributed by atoms with Crippen LogP contribution in [0.1, 0.15) is 57.1 Å². The van der Waals surface area contributed by atoms with E-state index in [2.05, 4.69) is 45.5 Å². The van der Waals surface area contributed by atoms with E-state index < -0.39 is 0 Å². The summed E-state index contributed by atoms with van der Waals surface area (Å²) in [6.45, 7) is 9.67. The summed E-state index contributed by atoms with van der Waals surface area (Å²) in [7, 11) is 2.10. The maximum Gasteiger partial charge on any atom is 0.193 e. The van der Waals surface area contributed by atoms with Gasteiger partial charge in [-0.3, -0.25) is 4.99 Å². The molecule has 2 rings (SSSR count). The van der Waals surface area contributed by atoms with E-state index >= 15 is 0 Å². The Morgan fingerprint density at radius 3 is 2.92 bits per heavy atom. The first-order valence-electron chi connectivity index (χ1n) is 9.77. The van der Waals surface area contributed by atoms with Crippen LogP contribution in [0.15, 0.2) is 17.6 Å². The average Bonchev–Trinajstić information content (AvgIpc) is 2.84. The molecule has 1 N–H and O–H groups in total. The molecular weight excluding hydrogens is 439 g/mol. The zero-order valence-electron chi connectivity index (χ0n) is 16.4. The first-order valence-corrected chi connectivity index (χ1v) is 9.77. The zero-order chi connectivity index (χ0) is 17.9. The van der Waals surface area contributed by atoms with E-state index in [-0.39, 0.29) is 24.0 Å². The van der Waals surface area contributed by atoms with Gasteiger partial charge in [-0.05, 0) is 39.0 Å². The van der Waals surface area contributed by atoms with Gasteiger partial charge in [0.25, 0.3) is 0 Å². The Morgan fingerprint density at radius 2 is 2.15 bits per heavy atom. The molecule has 0 spiro atoms. The fourth-order valence-electron chi connectivity index (χ4n) is 3.20. The van der Waals surface area contributed by atoms with Crippen LogP contribution >= 0.6 is 24.0 Å². The molecule has 1 aromatic rings. The highest BCUT2D eigenvalue weighted by Gasteiger charge is 2.14. The molecule has 0 amide bonds. The predicted molar refractivity (Wildman–Crippen MR) is 119 cm³/mol. The molecule has 0 atom stereocenters. The second kappa shape index (κ2) is 13.1. The highest BCUT2D eigenvalue weighted by Crippen LogP contribution is 2.15. The molecular formula is C19H35IN6. The summed E-state index contributed by atoms with van der Waals surface area (Å²) >= 11 is 0. The number of unbranched alkanes of at least 4 members (excludes halogenated alkanes) is 1. The molecule has 0 unspecified atom stereocenters. The molecule has 1 aromatic heterocycles. The molecule has 6 nitrogen and oxygen atoms in total. The Balaban J connectivity index is 0.00000338. The van der Waals surface area contributed by atoms with Crippen molar-refractivity contribution in [2.24, 2.45) is 4.99 Å². The van der Waals surface area contributed by atoms with E-state index in [0.29, 0.717) is 0 Å². The normalized spacial score (nSPS) is 14.2. The van der Waals surface area contributed by atoms with Gasteiger partial charge in [0.2, 0.25) is 0 Å². The highest BCUT2D eigenvalue weighted by atomic mass is 127. The third kappa shape index (κ3) is 7.25. The standard InChI is InChI=1S/C19H34N6.HI/c1-4-6-9-15-24(3)19(20-5-2)21-14-11-13-18-23-22-17-12-8-7-10-16-25(17)18;/h4H,1,5-16H2,2-3H3,(H,20,21);1H. The van der Waals surface area contributed by atoms with Gasteiger partial charge in [0.1, 0.15) is 11.6 Å². The average molecular weight is 474 g/mol. The Kier molecular flexibility index (Phi) is 11.6. The van der Waals surface area contributed by atoms with Crippen molar-refractivity contribution in [3.05, 3.63) is 24.3 Å². The van der Waals surface area contributed by atoms with E-state index in [1.165, 1.54) is 25.1 Å². The number of hydrogen-bond donors (Lipinski definition) is 1. The Bertz CT molecular complexity index is 554. The van der Waals surface area contributed by atoms with Crippen LogP contribution in [0.4, 0.5) is 0 Å². The second-order valence-electron chi connectivity index (χ2n) is 6.69. The number of hydrogen-bond acceptors (Lipinski definition) is 3. The molecule has 148 valence electrons. The van der Waals surface area contributed by atoms with Crippen molar-refractivity contribution >= 4 is 29.9 Å². The van der Waals surface area contributed by atoms with Gasteiger partial charge in [-0.1, -0.05) is 12.5 Å². The lowest BCUT2D eigenvalue weighted by Crippen LogP contribution is -2.39. The van der Waals surface area contributed by atoms with Crippen LogP contribution in [0.2, 0.25) is 0 Å². The first kappa shape index (κ1) is 22.9. The number of aryl methyl sites for hydroxylation is 2. The molecule has 1 aliphatic rings. The van der Waals surface area contributed by atoms with Gasteiger partial charge in [0.15, 0.2) is 5.96 Å². The van der Waals surface area contributed by atoms with E-state index in [9.17, 15) is 0 Å². The molecule has 0 aromatic carbocycles. The van der Waals surface area contributed by atoms with Gasteiger partial charge in [-0.2, -0.15) is 0 Å². The predicted octanol–water partition coefficient (Wildman–Crippen LogP) is 3.42. The van der Waals surface area contributed by atoms with Crippen LogP contribution < -0.4 is 5.32 Å². The maximum absolute atomic E-state index is 4.77. The first-order chi connectivity index (χ1) is 12.3. The van der Waals surface area contributed by atoms with Gasteiger partial charge in [-0.15, -0.1) is 40.8 Å². The minimum atomic E-state index is 0. The summed E-state index contributed by atoms with van der Waals surface area (Å²) in [5, 5.41) is 12.2. The quantitative estimate of drug-likeness (QED) is 0.196. The minimum Gasteiger partial charge on any atom is -0.357 e. The number of fused-ring (bicyclic) bond motifs is 1. The number of nitrogens with zero attached hydrogens (tertiary/aromatic N) is 5. The lowest BCUT2D eigenvalue weighted by molar-refractivity contribution is 0.469. The van der Waals surface area contributed by atoms with Crippen LogP contribution in [0.5, 0.6) is 0 Å². The van der Waals surface area contributed by atoms with Crippen molar-refractivity contribution in [1.29, 1.82) is 0 Å². The number of aliphatic imine (C=N–C) groups is 1. The molecule has 0 fully saturated rings. The molecule has 0 radical (unpaired) electrons. The minimum absolute atomic E-state index is 0. The Morgan fingerprint density at radius 1 is 1.31 bits per heavy atom. The molecule has 0 saturated heterocycles. The molecule has 0 saturated carbocycles. The summed E-state index contributed by atoms with van der Waals surface area (Å²) in [6, 6.07) is 0. The van der Waals surface area contributed by atoms with Gasteiger partial charge in [0, 0.05) is 46.1 Å². The van der Waals surface area contributed by atoms with E-state index in [1.54, 1.807) is 0 Å². The largest absolute Gasteiger partial charge is 0.357 e. The molecule has 1 aliphatic heterocycles. The van der Waals surface area contributed by atoms with E-state index in [1.807, 2.05) is 6.08 Å². The fraction of sp³-hybridized carbons (Fsp3) is 0.737. The second-order valence-corrected chi connectivity index (χ2v) is 6.69. The summed E-state index contributed by atoms with van der Waals surface area (Å²) in [5.74, 6) is 3.30. The zero-order valence-corrected chi connectivity index (χ0v) is 18.7. The monoisotopic (exact) mass is 474 g/mol. The van der Waals surface area contributed by atoms with Gasteiger partial charge < -0.3 is 14.8 Å². The SMILES string of the molecule is C=CCCCN(C)C(=NCCCc1nnc2n1CCCCC2)NCC.I. The van der Waals surface area contributed by atoms with Gasteiger partial charge in [-0.25, -0.2) is 0 Å². The van der Waals surface area contributed by atoms with Crippen molar-refractivity contribution in [3.63, 3.8) is 0 Å². The van der Waals surface area contributed by atoms with Crippen molar-refractivity contribution in [2.45, 2.75) is 64.8 Å². The van der Waals surface area contributed by atoms with Crippen LogP contribution in [-0.2, 0) is 19.4 Å². The van der Waals surface area contributed by atoms with E-state index in [0.717, 1.165) is 70.1 Å². The lowest BCUT2D eigenvalue weighted by atomic mass is 10.2. The van der Waals surface area contributed by atoms with Crippen molar-refractivity contribution < 1.29 is 0 Å². The summed E-state index contributed by atoms with van der Waals surface area (Å²) in [5.41, 5.74) is 0. The molecule has 2 heterocycles. The fourth-order valence-corrected chi connectivity index (χ4v) is 3.20. The third-order valence-electron chi connectivity index (χ3n) is 4.60. The molecule has 0 bridgehead atoms. The number of rotatable bonds is 9. The van der Waals surface area contributed by atoms with Crippen molar-refractivity contribution in [3.8, 4) is 0 Å². The highest BCUT2D eigenvalue weighted by molar-refractivity contribution is 14.0.